The lowest BCUT2D eigenvalue weighted by atomic mass is 9.97. The average Bonchev–Trinajstić information content (AvgIpc) is 3.29. The van der Waals surface area contributed by atoms with Gasteiger partial charge < -0.3 is 5.32 Å². The molecule has 0 aliphatic carbocycles. The third-order valence-corrected chi connectivity index (χ3v) is 7.78. The topological polar surface area (TPSA) is 60.8 Å². The van der Waals surface area contributed by atoms with Crippen LogP contribution >= 0.6 is 11.6 Å². The molecule has 198 valence electrons. The molecule has 1 atom stereocenters. The third kappa shape index (κ3) is 7.81. The largest absolute Gasteiger partial charge is 0.309 e. The number of fused-ring (bicyclic) bond motifs is 2. The number of benzene rings is 2. The fourth-order valence-corrected chi connectivity index (χ4v) is 5.64. The maximum atomic E-state index is 10.1. The van der Waals surface area contributed by atoms with Gasteiger partial charge in [0.2, 0.25) is 0 Å². The number of hydrogen-bond acceptors (Lipinski definition) is 6. The van der Waals surface area contributed by atoms with E-state index in [0.717, 1.165) is 43.7 Å². The van der Waals surface area contributed by atoms with Gasteiger partial charge in [0.05, 0.1) is 12.1 Å². The van der Waals surface area contributed by atoms with Gasteiger partial charge in [0.25, 0.3) is 0 Å². The van der Waals surface area contributed by atoms with Crippen molar-refractivity contribution in [3.05, 3.63) is 81.3 Å². The number of nitrogens with zero attached hydrogens (tertiary/aromatic N) is 4. The molecule has 5 rings (SSSR count). The van der Waals surface area contributed by atoms with Crippen LogP contribution in [0.3, 0.4) is 0 Å². The molecule has 2 aliphatic heterocycles. The van der Waals surface area contributed by atoms with E-state index in [9.17, 15) is 4.91 Å². The number of rotatable bonds is 8. The number of nitrogens with one attached hydrogen (secondary N) is 1. The molecule has 0 spiro atoms. The Kier molecular flexibility index (Phi) is 9.65. The quantitative estimate of drug-likeness (QED) is 0.222. The van der Waals surface area contributed by atoms with Crippen molar-refractivity contribution in [2.24, 2.45) is 5.18 Å². The highest BCUT2D eigenvalue weighted by Gasteiger charge is 2.24. The van der Waals surface area contributed by atoms with Gasteiger partial charge in [-0.1, -0.05) is 59.2 Å². The number of nitroso groups, excluding NO2 is 1. The first-order valence-electron chi connectivity index (χ1n) is 13.5. The third-order valence-electron chi connectivity index (χ3n) is 7.45. The van der Waals surface area contributed by atoms with Gasteiger partial charge in [0.1, 0.15) is 5.15 Å². The fourth-order valence-electron chi connectivity index (χ4n) is 5.44. The maximum Gasteiger partial charge on any atom is 0.134 e. The van der Waals surface area contributed by atoms with E-state index in [1.807, 2.05) is 18.2 Å². The molecule has 1 saturated heterocycles. The highest BCUT2D eigenvalue weighted by molar-refractivity contribution is 6.30. The Bertz CT molecular complexity index is 1180. The number of pyridine rings is 1. The summed E-state index contributed by atoms with van der Waals surface area (Å²) in [6.07, 6.45) is 3.71. The maximum absolute atomic E-state index is 10.1. The summed E-state index contributed by atoms with van der Waals surface area (Å²) in [6.45, 7) is 12.8. The monoisotopic (exact) mass is 521 g/mol. The summed E-state index contributed by atoms with van der Waals surface area (Å²) in [5.74, 6) is 0. The summed E-state index contributed by atoms with van der Waals surface area (Å²) in [5, 5.41) is 8.10. The van der Waals surface area contributed by atoms with Crippen molar-refractivity contribution in [1.82, 2.24) is 20.1 Å². The number of para-hydroxylation sites is 1. The van der Waals surface area contributed by atoms with E-state index >= 15 is 0 Å². The minimum atomic E-state index is 0.0109. The summed E-state index contributed by atoms with van der Waals surface area (Å²) in [5.41, 5.74) is 5.05. The van der Waals surface area contributed by atoms with Crippen LogP contribution in [0.2, 0.25) is 5.15 Å². The Morgan fingerprint density at radius 3 is 2.62 bits per heavy atom. The molecule has 2 aromatic carbocycles. The second-order valence-corrected chi connectivity index (χ2v) is 11.3. The molecule has 0 amide bonds. The van der Waals surface area contributed by atoms with Crippen LogP contribution in [0.4, 0.5) is 0 Å². The van der Waals surface area contributed by atoms with Crippen molar-refractivity contribution >= 4 is 22.5 Å². The molecule has 3 heterocycles. The molecule has 0 bridgehead atoms. The van der Waals surface area contributed by atoms with E-state index in [1.165, 1.54) is 35.9 Å². The van der Waals surface area contributed by atoms with Gasteiger partial charge in [-0.2, -0.15) is 4.91 Å². The molecule has 3 aromatic rings. The van der Waals surface area contributed by atoms with Crippen molar-refractivity contribution in [2.45, 2.75) is 64.7 Å². The molecule has 1 aromatic heterocycles. The van der Waals surface area contributed by atoms with Crippen molar-refractivity contribution in [1.29, 1.82) is 0 Å². The number of halogens is 1. The normalized spacial score (nSPS) is 18.3. The van der Waals surface area contributed by atoms with Crippen LogP contribution in [0.1, 0.15) is 50.3 Å². The highest BCUT2D eigenvalue weighted by atomic mass is 35.5. The number of likely N-dealkylation sites (tertiary alicyclic amines) is 1. The molecule has 1 N–H and O–H groups in total. The van der Waals surface area contributed by atoms with Gasteiger partial charge in [-0.15, -0.1) is 0 Å². The summed E-state index contributed by atoms with van der Waals surface area (Å²) in [4.78, 5) is 19.6. The summed E-state index contributed by atoms with van der Waals surface area (Å²) in [7, 11) is 0. The van der Waals surface area contributed by atoms with E-state index in [-0.39, 0.29) is 5.54 Å². The lowest BCUT2D eigenvalue weighted by Crippen LogP contribution is -2.50. The standard InChI is InChI=1S/C15H17ClN2.C15H23N3O/c1-11-5-4-8-18(11)10-13-9-12-6-2-3-7-14(12)17-15(13)16;1-15(2,16-8-9-17-19)12-18-10-7-13-5-3-4-6-14(13)11-18/h2-3,6-7,9,11H,4-5,8,10H2,1H3;3-6,16H,7-12H2,1-2H3. The lowest BCUT2D eigenvalue weighted by Gasteiger charge is -2.36. The smallest absolute Gasteiger partial charge is 0.134 e. The van der Waals surface area contributed by atoms with Crippen LogP contribution in [0.15, 0.2) is 59.8 Å². The second-order valence-electron chi connectivity index (χ2n) is 11.0. The van der Waals surface area contributed by atoms with Gasteiger partial charge in [0, 0.05) is 55.3 Å². The van der Waals surface area contributed by atoms with E-state index < -0.39 is 0 Å². The Labute approximate surface area is 226 Å². The second kappa shape index (κ2) is 12.9. The lowest BCUT2D eigenvalue weighted by molar-refractivity contribution is 0.187. The van der Waals surface area contributed by atoms with Crippen molar-refractivity contribution in [3.8, 4) is 0 Å². The zero-order valence-corrected chi connectivity index (χ0v) is 23.2. The predicted octanol–water partition coefficient (Wildman–Crippen LogP) is 6.05. The first-order valence-corrected chi connectivity index (χ1v) is 13.8. The summed E-state index contributed by atoms with van der Waals surface area (Å²) >= 11 is 6.29. The molecule has 0 radical (unpaired) electrons. The van der Waals surface area contributed by atoms with Crippen molar-refractivity contribution < 1.29 is 0 Å². The first-order chi connectivity index (χ1) is 17.8. The zero-order valence-electron chi connectivity index (χ0n) is 22.4. The number of aromatic nitrogens is 1. The van der Waals surface area contributed by atoms with Gasteiger partial charge in [-0.3, -0.25) is 9.80 Å². The van der Waals surface area contributed by atoms with Gasteiger partial charge in [-0.25, -0.2) is 4.98 Å². The molecule has 37 heavy (non-hydrogen) atoms. The summed E-state index contributed by atoms with van der Waals surface area (Å²) < 4.78 is 0. The van der Waals surface area contributed by atoms with Crippen LogP contribution in [-0.2, 0) is 19.5 Å². The SMILES string of the molecule is CC(C)(CN1CCc2ccccc2C1)NCCN=O.CC1CCCN1Cc1cc2ccccc2nc1Cl. The molecule has 0 saturated carbocycles. The van der Waals surface area contributed by atoms with E-state index in [0.29, 0.717) is 24.3 Å². The Balaban J connectivity index is 0.000000173. The van der Waals surface area contributed by atoms with Gasteiger partial charge >= 0.3 is 0 Å². The van der Waals surface area contributed by atoms with Crippen molar-refractivity contribution in [2.75, 3.05) is 32.7 Å². The van der Waals surface area contributed by atoms with E-state index in [2.05, 4.69) is 82.4 Å². The molecule has 1 unspecified atom stereocenters. The van der Waals surface area contributed by atoms with Crippen LogP contribution in [0.25, 0.3) is 10.9 Å². The van der Waals surface area contributed by atoms with Gasteiger partial charge in [-0.05, 0) is 69.8 Å². The fraction of sp³-hybridized carbons (Fsp3) is 0.500. The molecule has 2 aliphatic rings. The molecular formula is C30H40ClN5O. The Morgan fingerprint density at radius 2 is 1.86 bits per heavy atom. The Hall–Kier alpha value is -2.38. The molecular weight excluding hydrogens is 482 g/mol. The van der Waals surface area contributed by atoms with Gasteiger partial charge in [0.15, 0.2) is 0 Å². The van der Waals surface area contributed by atoms with Crippen LogP contribution < -0.4 is 5.32 Å². The average molecular weight is 522 g/mol. The molecule has 6 nitrogen and oxygen atoms in total. The number of hydrogen-bond donors (Lipinski definition) is 1. The Morgan fingerprint density at radius 1 is 1.11 bits per heavy atom. The summed E-state index contributed by atoms with van der Waals surface area (Å²) in [6, 6.07) is 19.6. The highest BCUT2D eigenvalue weighted by Crippen LogP contribution is 2.25. The van der Waals surface area contributed by atoms with E-state index in [1.54, 1.807) is 0 Å². The van der Waals surface area contributed by atoms with E-state index in [4.69, 9.17) is 11.6 Å². The predicted molar refractivity (Wildman–Crippen MR) is 154 cm³/mol. The molecule has 1 fully saturated rings. The van der Waals surface area contributed by atoms with Crippen LogP contribution in [0.5, 0.6) is 0 Å². The first kappa shape index (κ1) is 27.6. The van der Waals surface area contributed by atoms with Crippen LogP contribution in [-0.4, -0.2) is 59.1 Å². The minimum Gasteiger partial charge on any atom is -0.309 e. The minimum absolute atomic E-state index is 0.0109. The van der Waals surface area contributed by atoms with Crippen LogP contribution in [0, 0.1) is 4.91 Å². The van der Waals surface area contributed by atoms with Crippen molar-refractivity contribution in [3.63, 3.8) is 0 Å². The zero-order chi connectivity index (χ0) is 26.3. The molecule has 7 heteroatoms.